The molecular formula is C18H26N4O2. The van der Waals surface area contributed by atoms with Crippen molar-refractivity contribution in [2.75, 3.05) is 20.6 Å². The van der Waals surface area contributed by atoms with E-state index < -0.39 is 0 Å². The van der Waals surface area contributed by atoms with Crippen LogP contribution in [0.2, 0.25) is 0 Å². The number of fused-ring (bicyclic) bond motifs is 1. The third-order valence-corrected chi connectivity index (χ3v) is 4.64. The SMILES string of the molecule is Cc1c(OC2CCC(NC(=O)CN(C)C)CC2)ccc2[nH]ncc12. The van der Waals surface area contributed by atoms with E-state index in [-0.39, 0.29) is 18.1 Å². The standard InChI is InChI=1S/C18H26N4O2/c1-12-15-10-19-21-16(15)8-9-17(12)24-14-6-4-13(5-7-14)20-18(23)11-22(2)3/h8-10,13-14H,4-7,11H2,1-3H3,(H,19,21)(H,20,23). The summed E-state index contributed by atoms with van der Waals surface area (Å²) in [6.45, 7) is 2.51. The van der Waals surface area contributed by atoms with Crippen LogP contribution in [0.25, 0.3) is 10.9 Å². The minimum Gasteiger partial charge on any atom is -0.490 e. The van der Waals surface area contributed by atoms with E-state index in [9.17, 15) is 4.79 Å². The molecular weight excluding hydrogens is 304 g/mol. The Labute approximate surface area is 142 Å². The molecule has 1 saturated carbocycles. The molecule has 1 aromatic carbocycles. The average molecular weight is 330 g/mol. The Kier molecular flexibility index (Phi) is 5.04. The minimum atomic E-state index is 0.102. The lowest BCUT2D eigenvalue weighted by Gasteiger charge is -2.30. The second-order valence-corrected chi connectivity index (χ2v) is 6.92. The van der Waals surface area contributed by atoms with Gasteiger partial charge < -0.3 is 15.0 Å². The van der Waals surface area contributed by atoms with Crippen molar-refractivity contribution >= 4 is 16.8 Å². The quantitative estimate of drug-likeness (QED) is 0.882. The summed E-state index contributed by atoms with van der Waals surface area (Å²) in [5.41, 5.74) is 2.16. The molecule has 0 spiro atoms. The van der Waals surface area contributed by atoms with Crippen molar-refractivity contribution in [3.63, 3.8) is 0 Å². The number of nitrogens with one attached hydrogen (secondary N) is 2. The number of H-pyrrole nitrogens is 1. The van der Waals surface area contributed by atoms with Gasteiger partial charge in [0.05, 0.1) is 24.4 Å². The van der Waals surface area contributed by atoms with Crippen molar-refractivity contribution in [2.24, 2.45) is 0 Å². The number of carbonyl (C=O) groups excluding carboxylic acids is 1. The third kappa shape index (κ3) is 3.87. The second kappa shape index (κ2) is 7.21. The van der Waals surface area contributed by atoms with Gasteiger partial charge in [0.15, 0.2) is 0 Å². The normalized spacial score (nSPS) is 21.2. The van der Waals surface area contributed by atoms with Crippen molar-refractivity contribution in [1.29, 1.82) is 0 Å². The second-order valence-electron chi connectivity index (χ2n) is 6.92. The molecule has 1 aliphatic carbocycles. The van der Waals surface area contributed by atoms with E-state index in [1.165, 1.54) is 0 Å². The molecule has 3 rings (SSSR count). The number of aromatic amines is 1. The molecule has 2 aromatic rings. The molecule has 0 atom stereocenters. The lowest BCUT2D eigenvalue weighted by atomic mass is 9.92. The molecule has 1 heterocycles. The van der Waals surface area contributed by atoms with Crippen LogP contribution in [0.5, 0.6) is 5.75 Å². The zero-order valence-electron chi connectivity index (χ0n) is 14.6. The summed E-state index contributed by atoms with van der Waals surface area (Å²) in [4.78, 5) is 13.7. The van der Waals surface area contributed by atoms with E-state index in [2.05, 4.69) is 22.4 Å². The lowest BCUT2D eigenvalue weighted by molar-refractivity contribution is -0.122. The largest absolute Gasteiger partial charge is 0.490 e. The van der Waals surface area contributed by atoms with E-state index in [0.717, 1.165) is 47.9 Å². The number of hydrogen-bond acceptors (Lipinski definition) is 4. The van der Waals surface area contributed by atoms with Gasteiger partial charge in [-0.2, -0.15) is 5.10 Å². The smallest absolute Gasteiger partial charge is 0.234 e. The molecule has 0 saturated heterocycles. The van der Waals surface area contributed by atoms with Gasteiger partial charge in [-0.15, -0.1) is 0 Å². The Morgan fingerprint density at radius 1 is 1.33 bits per heavy atom. The number of hydrogen-bond donors (Lipinski definition) is 2. The Morgan fingerprint density at radius 2 is 2.08 bits per heavy atom. The molecule has 1 fully saturated rings. The summed E-state index contributed by atoms with van der Waals surface area (Å²) >= 11 is 0. The summed E-state index contributed by atoms with van der Waals surface area (Å²) in [6, 6.07) is 4.30. The number of aryl methyl sites for hydroxylation is 1. The molecule has 1 amide bonds. The van der Waals surface area contributed by atoms with Gasteiger partial charge in [0, 0.05) is 17.0 Å². The van der Waals surface area contributed by atoms with Crippen molar-refractivity contribution in [3.8, 4) is 5.75 Å². The van der Waals surface area contributed by atoms with Gasteiger partial charge in [0.2, 0.25) is 5.91 Å². The molecule has 1 aromatic heterocycles. The summed E-state index contributed by atoms with van der Waals surface area (Å²) in [5, 5.41) is 11.3. The number of likely N-dealkylation sites (N-methyl/N-ethyl adjacent to an activating group) is 1. The maximum absolute atomic E-state index is 11.8. The highest BCUT2D eigenvalue weighted by Crippen LogP contribution is 2.29. The minimum absolute atomic E-state index is 0.102. The highest BCUT2D eigenvalue weighted by atomic mass is 16.5. The van der Waals surface area contributed by atoms with Gasteiger partial charge in [0.25, 0.3) is 0 Å². The van der Waals surface area contributed by atoms with Crippen LogP contribution in [0.4, 0.5) is 0 Å². The number of nitrogens with zero attached hydrogens (tertiary/aromatic N) is 2. The lowest BCUT2D eigenvalue weighted by Crippen LogP contribution is -2.43. The Hall–Kier alpha value is -2.08. The first-order chi connectivity index (χ1) is 11.5. The summed E-state index contributed by atoms with van der Waals surface area (Å²) < 4.78 is 6.22. The molecule has 6 heteroatoms. The third-order valence-electron chi connectivity index (χ3n) is 4.64. The summed E-state index contributed by atoms with van der Waals surface area (Å²) in [6.07, 6.45) is 5.93. The van der Waals surface area contributed by atoms with Crippen molar-refractivity contribution in [1.82, 2.24) is 20.4 Å². The van der Waals surface area contributed by atoms with Gasteiger partial charge in [-0.05, 0) is 58.8 Å². The molecule has 24 heavy (non-hydrogen) atoms. The first-order valence-corrected chi connectivity index (χ1v) is 8.56. The summed E-state index contributed by atoms with van der Waals surface area (Å²) in [5.74, 6) is 1.04. The molecule has 6 nitrogen and oxygen atoms in total. The predicted octanol–water partition coefficient (Wildman–Crippen LogP) is 2.24. The van der Waals surface area contributed by atoms with Crippen LogP contribution in [0.1, 0.15) is 31.2 Å². The number of carbonyl (C=O) groups is 1. The highest BCUT2D eigenvalue weighted by Gasteiger charge is 2.24. The molecule has 0 bridgehead atoms. The van der Waals surface area contributed by atoms with Gasteiger partial charge in [0.1, 0.15) is 5.75 Å². The van der Waals surface area contributed by atoms with Crippen LogP contribution < -0.4 is 10.1 Å². The highest BCUT2D eigenvalue weighted by molar-refractivity contribution is 5.83. The van der Waals surface area contributed by atoms with Crippen LogP contribution in [0.15, 0.2) is 18.3 Å². The predicted molar refractivity (Wildman–Crippen MR) is 94.2 cm³/mol. The number of ether oxygens (including phenoxy) is 1. The number of rotatable bonds is 5. The molecule has 130 valence electrons. The Morgan fingerprint density at radius 3 is 2.79 bits per heavy atom. The van der Waals surface area contributed by atoms with Crippen LogP contribution in [-0.4, -0.2) is 53.8 Å². The summed E-state index contributed by atoms with van der Waals surface area (Å²) in [7, 11) is 3.81. The fourth-order valence-corrected chi connectivity index (χ4v) is 3.33. The van der Waals surface area contributed by atoms with Gasteiger partial charge >= 0.3 is 0 Å². The van der Waals surface area contributed by atoms with Crippen LogP contribution in [0.3, 0.4) is 0 Å². The zero-order valence-corrected chi connectivity index (χ0v) is 14.6. The van der Waals surface area contributed by atoms with E-state index in [1.807, 2.05) is 37.3 Å². The number of aromatic nitrogens is 2. The van der Waals surface area contributed by atoms with Crippen molar-refractivity contribution < 1.29 is 9.53 Å². The first kappa shape index (κ1) is 16.8. The number of amides is 1. The van der Waals surface area contributed by atoms with E-state index in [4.69, 9.17) is 4.74 Å². The fourth-order valence-electron chi connectivity index (χ4n) is 3.33. The molecule has 0 radical (unpaired) electrons. The van der Waals surface area contributed by atoms with E-state index in [0.29, 0.717) is 6.54 Å². The molecule has 0 unspecified atom stereocenters. The van der Waals surface area contributed by atoms with Crippen molar-refractivity contribution in [3.05, 3.63) is 23.9 Å². The maximum atomic E-state index is 11.8. The van der Waals surface area contributed by atoms with E-state index in [1.54, 1.807) is 0 Å². The molecule has 0 aliphatic heterocycles. The average Bonchev–Trinajstić information content (AvgIpc) is 3.00. The number of benzene rings is 1. The van der Waals surface area contributed by atoms with Crippen molar-refractivity contribution in [2.45, 2.75) is 44.8 Å². The van der Waals surface area contributed by atoms with E-state index >= 15 is 0 Å². The Balaban J connectivity index is 1.53. The van der Waals surface area contributed by atoms with Crippen LogP contribution in [-0.2, 0) is 4.79 Å². The molecule has 2 N–H and O–H groups in total. The molecule has 1 aliphatic rings. The Bertz CT molecular complexity index is 702. The fraction of sp³-hybridized carbons (Fsp3) is 0.556. The zero-order chi connectivity index (χ0) is 17.1. The van der Waals surface area contributed by atoms with Gasteiger partial charge in [-0.3, -0.25) is 9.89 Å². The van der Waals surface area contributed by atoms with Gasteiger partial charge in [-0.1, -0.05) is 0 Å². The topological polar surface area (TPSA) is 70.2 Å². The maximum Gasteiger partial charge on any atom is 0.234 e. The van der Waals surface area contributed by atoms with Crippen LogP contribution >= 0.6 is 0 Å². The first-order valence-electron chi connectivity index (χ1n) is 8.56. The van der Waals surface area contributed by atoms with Crippen LogP contribution in [0, 0.1) is 6.92 Å². The monoisotopic (exact) mass is 330 g/mol. The van der Waals surface area contributed by atoms with Gasteiger partial charge in [-0.25, -0.2) is 0 Å².